The standard InChI is InChI=1S/C20H28N4/c1-4-22-20(23-13-11-18-6-5-12-21-15-18)24-14-17(3)19-9-7-16(2)8-10-19/h5-10,12,15,17H,4,11,13-14H2,1-3H3,(H2,22,23,24). The molecule has 0 radical (unpaired) electrons. The minimum atomic E-state index is 0.402. The van der Waals surface area contributed by atoms with Gasteiger partial charge in [-0.15, -0.1) is 0 Å². The molecule has 0 fully saturated rings. The van der Waals surface area contributed by atoms with Crippen LogP contribution in [0.25, 0.3) is 0 Å². The molecule has 24 heavy (non-hydrogen) atoms. The minimum Gasteiger partial charge on any atom is -0.357 e. The SMILES string of the molecule is CCNC(=NCC(C)c1ccc(C)cc1)NCCc1cccnc1. The van der Waals surface area contributed by atoms with Crippen molar-refractivity contribution in [3.63, 3.8) is 0 Å². The summed E-state index contributed by atoms with van der Waals surface area (Å²) in [6, 6.07) is 12.8. The fourth-order valence-electron chi connectivity index (χ4n) is 2.44. The highest BCUT2D eigenvalue weighted by Gasteiger charge is 2.05. The van der Waals surface area contributed by atoms with Crippen molar-refractivity contribution in [1.29, 1.82) is 0 Å². The Hall–Kier alpha value is -2.36. The van der Waals surface area contributed by atoms with E-state index in [1.54, 1.807) is 6.20 Å². The lowest BCUT2D eigenvalue weighted by Crippen LogP contribution is -2.38. The van der Waals surface area contributed by atoms with E-state index < -0.39 is 0 Å². The number of rotatable bonds is 7. The number of pyridine rings is 1. The van der Waals surface area contributed by atoms with Crippen molar-refractivity contribution >= 4 is 5.96 Å². The van der Waals surface area contributed by atoms with Crippen LogP contribution >= 0.6 is 0 Å². The number of benzene rings is 1. The topological polar surface area (TPSA) is 49.3 Å². The molecule has 4 heteroatoms. The Labute approximate surface area is 145 Å². The van der Waals surface area contributed by atoms with Crippen LogP contribution in [0.3, 0.4) is 0 Å². The van der Waals surface area contributed by atoms with Gasteiger partial charge in [-0.3, -0.25) is 9.98 Å². The molecule has 1 heterocycles. The summed E-state index contributed by atoms with van der Waals surface area (Å²) >= 11 is 0. The molecule has 0 amide bonds. The first kappa shape index (κ1) is 18.0. The van der Waals surface area contributed by atoms with Gasteiger partial charge in [0.1, 0.15) is 0 Å². The Morgan fingerprint density at radius 3 is 2.62 bits per heavy atom. The molecular formula is C20H28N4. The van der Waals surface area contributed by atoms with Gasteiger partial charge in [-0.2, -0.15) is 0 Å². The normalized spacial score (nSPS) is 12.7. The van der Waals surface area contributed by atoms with Crippen molar-refractivity contribution in [3.05, 3.63) is 65.5 Å². The molecule has 1 aromatic heterocycles. The molecular weight excluding hydrogens is 296 g/mol. The molecule has 0 aliphatic rings. The van der Waals surface area contributed by atoms with Crippen molar-refractivity contribution < 1.29 is 0 Å². The third-order valence-electron chi connectivity index (χ3n) is 3.94. The minimum absolute atomic E-state index is 0.402. The van der Waals surface area contributed by atoms with Gasteiger partial charge in [0, 0.05) is 37.9 Å². The summed E-state index contributed by atoms with van der Waals surface area (Å²) in [5.74, 6) is 1.28. The Kier molecular flexibility index (Phi) is 7.27. The van der Waals surface area contributed by atoms with Gasteiger partial charge < -0.3 is 10.6 Å². The van der Waals surface area contributed by atoms with Crippen LogP contribution in [-0.2, 0) is 6.42 Å². The molecule has 0 saturated heterocycles. The highest BCUT2D eigenvalue weighted by Crippen LogP contribution is 2.15. The maximum Gasteiger partial charge on any atom is 0.191 e. The van der Waals surface area contributed by atoms with Crippen LogP contribution in [0, 0.1) is 6.92 Å². The van der Waals surface area contributed by atoms with Gasteiger partial charge in [0.25, 0.3) is 0 Å². The fourth-order valence-corrected chi connectivity index (χ4v) is 2.44. The average molecular weight is 324 g/mol. The highest BCUT2D eigenvalue weighted by molar-refractivity contribution is 5.79. The molecule has 1 unspecified atom stereocenters. The van der Waals surface area contributed by atoms with Crippen molar-refractivity contribution in [2.75, 3.05) is 19.6 Å². The van der Waals surface area contributed by atoms with Crippen LogP contribution in [0.2, 0.25) is 0 Å². The summed E-state index contributed by atoms with van der Waals surface area (Å²) in [7, 11) is 0. The molecule has 0 bridgehead atoms. The van der Waals surface area contributed by atoms with Gasteiger partial charge in [0.15, 0.2) is 5.96 Å². The number of hydrogen-bond acceptors (Lipinski definition) is 2. The monoisotopic (exact) mass is 324 g/mol. The molecule has 2 aromatic rings. The van der Waals surface area contributed by atoms with Crippen LogP contribution < -0.4 is 10.6 Å². The lowest BCUT2D eigenvalue weighted by Gasteiger charge is -2.14. The number of aliphatic imine (C=N–C) groups is 1. The zero-order valence-corrected chi connectivity index (χ0v) is 14.9. The molecule has 0 aliphatic heterocycles. The molecule has 128 valence electrons. The largest absolute Gasteiger partial charge is 0.357 e. The summed E-state index contributed by atoms with van der Waals surface area (Å²) in [5, 5.41) is 6.70. The molecule has 0 aliphatic carbocycles. The second-order valence-corrected chi connectivity index (χ2v) is 6.07. The second kappa shape index (κ2) is 9.71. The van der Waals surface area contributed by atoms with Crippen molar-refractivity contribution in [2.45, 2.75) is 33.1 Å². The van der Waals surface area contributed by atoms with Crippen molar-refractivity contribution in [2.24, 2.45) is 4.99 Å². The van der Waals surface area contributed by atoms with E-state index in [2.05, 4.69) is 66.7 Å². The number of guanidine groups is 1. The van der Waals surface area contributed by atoms with E-state index in [0.29, 0.717) is 5.92 Å². The Balaban J connectivity index is 1.86. The third-order valence-corrected chi connectivity index (χ3v) is 3.94. The van der Waals surface area contributed by atoms with Gasteiger partial charge in [-0.25, -0.2) is 0 Å². The number of nitrogens with one attached hydrogen (secondary N) is 2. The van der Waals surface area contributed by atoms with Crippen molar-refractivity contribution in [3.8, 4) is 0 Å². The van der Waals surface area contributed by atoms with Crippen LogP contribution in [0.5, 0.6) is 0 Å². The zero-order valence-electron chi connectivity index (χ0n) is 14.9. The first-order valence-electron chi connectivity index (χ1n) is 8.66. The summed E-state index contributed by atoms with van der Waals surface area (Å²) in [4.78, 5) is 8.87. The Morgan fingerprint density at radius 2 is 1.96 bits per heavy atom. The molecule has 4 nitrogen and oxygen atoms in total. The summed E-state index contributed by atoms with van der Waals surface area (Å²) in [6.45, 7) is 8.89. The van der Waals surface area contributed by atoms with E-state index in [0.717, 1.165) is 32.0 Å². The lowest BCUT2D eigenvalue weighted by atomic mass is 10.0. The molecule has 2 rings (SSSR count). The molecule has 0 spiro atoms. The van der Waals surface area contributed by atoms with Gasteiger partial charge in [-0.05, 0) is 37.5 Å². The van der Waals surface area contributed by atoms with Gasteiger partial charge in [-0.1, -0.05) is 42.8 Å². The Morgan fingerprint density at radius 1 is 1.17 bits per heavy atom. The lowest BCUT2D eigenvalue weighted by molar-refractivity contribution is 0.745. The van der Waals surface area contributed by atoms with Gasteiger partial charge in [0.05, 0.1) is 0 Å². The second-order valence-electron chi connectivity index (χ2n) is 6.07. The number of aromatic nitrogens is 1. The number of hydrogen-bond donors (Lipinski definition) is 2. The van der Waals surface area contributed by atoms with Crippen LogP contribution in [0.15, 0.2) is 53.8 Å². The van der Waals surface area contributed by atoms with Gasteiger partial charge >= 0.3 is 0 Å². The van der Waals surface area contributed by atoms with E-state index in [9.17, 15) is 0 Å². The van der Waals surface area contributed by atoms with E-state index >= 15 is 0 Å². The van der Waals surface area contributed by atoms with Gasteiger partial charge in [0.2, 0.25) is 0 Å². The Bertz CT molecular complexity index is 620. The molecule has 1 atom stereocenters. The van der Waals surface area contributed by atoms with Crippen LogP contribution in [0.1, 0.15) is 36.5 Å². The predicted octanol–water partition coefficient (Wildman–Crippen LogP) is 3.29. The highest BCUT2D eigenvalue weighted by atomic mass is 15.2. The predicted molar refractivity (Wildman–Crippen MR) is 102 cm³/mol. The average Bonchev–Trinajstić information content (AvgIpc) is 2.61. The zero-order chi connectivity index (χ0) is 17.2. The molecule has 2 N–H and O–H groups in total. The van der Waals surface area contributed by atoms with E-state index in [1.807, 2.05) is 12.3 Å². The first-order valence-corrected chi connectivity index (χ1v) is 8.66. The fraction of sp³-hybridized carbons (Fsp3) is 0.400. The van der Waals surface area contributed by atoms with Crippen LogP contribution in [0.4, 0.5) is 0 Å². The van der Waals surface area contributed by atoms with E-state index in [4.69, 9.17) is 4.99 Å². The third kappa shape index (κ3) is 6.03. The quantitative estimate of drug-likeness (QED) is 0.607. The summed E-state index contributed by atoms with van der Waals surface area (Å²) < 4.78 is 0. The maximum atomic E-state index is 4.72. The summed E-state index contributed by atoms with van der Waals surface area (Å²) in [5.41, 5.74) is 3.85. The first-order chi connectivity index (χ1) is 11.7. The molecule has 0 saturated carbocycles. The van der Waals surface area contributed by atoms with E-state index in [1.165, 1.54) is 16.7 Å². The van der Waals surface area contributed by atoms with Crippen LogP contribution in [-0.4, -0.2) is 30.6 Å². The summed E-state index contributed by atoms with van der Waals surface area (Å²) in [6.07, 6.45) is 4.64. The van der Waals surface area contributed by atoms with E-state index in [-0.39, 0.29) is 0 Å². The maximum absolute atomic E-state index is 4.72. The molecule has 1 aromatic carbocycles. The number of nitrogens with zero attached hydrogens (tertiary/aromatic N) is 2. The smallest absolute Gasteiger partial charge is 0.191 e. The number of aryl methyl sites for hydroxylation is 1. The van der Waals surface area contributed by atoms with Crippen molar-refractivity contribution in [1.82, 2.24) is 15.6 Å².